The number of fused-ring (bicyclic) bond motifs is 1. The summed E-state index contributed by atoms with van der Waals surface area (Å²) in [6, 6.07) is 5.76. The number of amides is 2. The van der Waals surface area contributed by atoms with Crippen molar-refractivity contribution in [2.45, 2.75) is 38.3 Å². The first-order chi connectivity index (χ1) is 11.8. The van der Waals surface area contributed by atoms with Crippen molar-refractivity contribution in [1.82, 2.24) is 10.2 Å². The number of carboxylic acids is 1. The van der Waals surface area contributed by atoms with Crippen LogP contribution in [0.1, 0.15) is 38.3 Å². The van der Waals surface area contributed by atoms with Crippen LogP contribution in [0.2, 0.25) is 0 Å². The lowest BCUT2D eigenvalue weighted by atomic mass is 9.80. The molecule has 0 saturated carbocycles. The number of carboxylic acid groups (broad SMARTS) is 1. The third kappa shape index (κ3) is 2.50. The average Bonchev–Trinajstić information content (AvgIpc) is 3.02. The molecule has 2 aliphatic rings. The summed E-state index contributed by atoms with van der Waals surface area (Å²) in [4.78, 5) is 38.8. The van der Waals surface area contributed by atoms with E-state index in [1.807, 2.05) is 6.92 Å². The van der Waals surface area contributed by atoms with Crippen LogP contribution < -0.4 is 5.32 Å². The number of unbranched alkanes of at least 4 members (excludes halogenated alkanes) is 1. The molecule has 4 unspecified atom stereocenters. The zero-order valence-electron chi connectivity index (χ0n) is 14.2. The number of para-hydroxylation sites is 1. The van der Waals surface area contributed by atoms with Crippen molar-refractivity contribution in [1.29, 1.82) is 0 Å². The van der Waals surface area contributed by atoms with Gasteiger partial charge >= 0.3 is 5.97 Å². The van der Waals surface area contributed by atoms with Crippen LogP contribution in [0.3, 0.4) is 0 Å². The van der Waals surface area contributed by atoms with Gasteiger partial charge in [-0.1, -0.05) is 31.5 Å². The molecule has 2 saturated heterocycles. The zero-order valence-corrected chi connectivity index (χ0v) is 14.2. The van der Waals surface area contributed by atoms with E-state index >= 15 is 0 Å². The maximum Gasteiger partial charge on any atom is 0.324 e. The highest BCUT2D eigenvalue weighted by Gasteiger charge is 2.66. The Kier molecular flexibility index (Phi) is 4.28. The lowest BCUT2D eigenvalue weighted by Gasteiger charge is -2.27. The van der Waals surface area contributed by atoms with Crippen molar-refractivity contribution in [3.05, 3.63) is 29.8 Å². The number of aromatic hydroxyl groups is 1. The second-order valence-corrected chi connectivity index (χ2v) is 6.87. The van der Waals surface area contributed by atoms with E-state index in [0.717, 1.165) is 6.42 Å². The van der Waals surface area contributed by atoms with Crippen molar-refractivity contribution >= 4 is 17.8 Å². The van der Waals surface area contributed by atoms with Gasteiger partial charge in [0, 0.05) is 18.2 Å². The topological polar surface area (TPSA) is 107 Å². The van der Waals surface area contributed by atoms with E-state index in [9.17, 15) is 24.6 Å². The minimum absolute atomic E-state index is 0.0272. The van der Waals surface area contributed by atoms with Crippen molar-refractivity contribution in [3.63, 3.8) is 0 Å². The van der Waals surface area contributed by atoms with Gasteiger partial charge in [-0.05, 0) is 19.4 Å². The van der Waals surface area contributed by atoms with Crippen LogP contribution in [-0.2, 0) is 14.4 Å². The number of rotatable bonds is 5. The van der Waals surface area contributed by atoms with Gasteiger partial charge in [0.2, 0.25) is 11.8 Å². The summed E-state index contributed by atoms with van der Waals surface area (Å²) in [6.07, 6.45) is 1.50. The molecule has 3 rings (SSSR count). The Balaban J connectivity index is 2.06. The van der Waals surface area contributed by atoms with Crippen molar-refractivity contribution in [2.75, 3.05) is 6.54 Å². The molecule has 0 radical (unpaired) electrons. The van der Waals surface area contributed by atoms with Crippen LogP contribution in [0.5, 0.6) is 5.75 Å². The van der Waals surface area contributed by atoms with Crippen LogP contribution >= 0.6 is 0 Å². The van der Waals surface area contributed by atoms with Gasteiger partial charge in [0.05, 0.1) is 11.8 Å². The number of nitrogens with one attached hydrogen (secondary N) is 1. The van der Waals surface area contributed by atoms with E-state index in [1.165, 1.54) is 17.9 Å². The molecule has 25 heavy (non-hydrogen) atoms. The quantitative estimate of drug-likeness (QED) is 0.694. The number of hydrogen-bond donors (Lipinski definition) is 3. The number of imide groups is 1. The molecule has 0 aliphatic carbocycles. The highest BCUT2D eigenvalue weighted by molar-refractivity contribution is 6.09. The van der Waals surface area contributed by atoms with Crippen molar-refractivity contribution in [2.24, 2.45) is 11.8 Å². The first kappa shape index (κ1) is 17.4. The molecule has 134 valence electrons. The Morgan fingerprint density at radius 1 is 1.28 bits per heavy atom. The first-order valence-corrected chi connectivity index (χ1v) is 8.47. The summed E-state index contributed by atoms with van der Waals surface area (Å²) >= 11 is 0. The Bertz CT molecular complexity index is 734. The second kappa shape index (κ2) is 6.15. The molecule has 0 aromatic heterocycles. The predicted octanol–water partition coefficient (Wildman–Crippen LogP) is 1.28. The lowest BCUT2D eigenvalue weighted by Crippen LogP contribution is -2.53. The number of phenols is 1. The van der Waals surface area contributed by atoms with Gasteiger partial charge in [-0.15, -0.1) is 0 Å². The number of phenolic OH excluding ortho intramolecular Hbond substituents is 1. The molecule has 2 fully saturated rings. The molecule has 1 aromatic carbocycles. The summed E-state index contributed by atoms with van der Waals surface area (Å²) in [7, 11) is 0. The lowest BCUT2D eigenvalue weighted by molar-refractivity contribution is -0.150. The molecular formula is C18H22N2O5. The zero-order chi connectivity index (χ0) is 18.4. The van der Waals surface area contributed by atoms with Crippen LogP contribution in [0, 0.1) is 11.8 Å². The van der Waals surface area contributed by atoms with E-state index < -0.39 is 35.3 Å². The average molecular weight is 346 g/mol. The van der Waals surface area contributed by atoms with E-state index in [4.69, 9.17) is 0 Å². The third-order valence-corrected chi connectivity index (χ3v) is 5.33. The normalized spacial score (nSPS) is 31.4. The van der Waals surface area contributed by atoms with Gasteiger partial charge < -0.3 is 10.2 Å². The highest BCUT2D eigenvalue weighted by atomic mass is 16.4. The number of benzene rings is 1. The van der Waals surface area contributed by atoms with E-state index in [0.29, 0.717) is 18.5 Å². The molecular weight excluding hydrogens is 324 g/mol. The van der Waals surface area contributed by atoms with Gasteiger partial charge in [-0.25, -0.2) is 0 Å². The number of aliphatic carboxylic acids is 1. The number of nitrogens with zero attached hydrogens (tertiary/aromatic N) is 1. The fraction of sp³-hybridized carbons (Fsp3) is 0.500. The highest BCUT2D eigenvalue weighted by Crippen LogP contribution is 2.50. The van der Waals surface area contributed by atoms with Gasteiger partial charge in [0.15, 0.2) is 0 Å². The SMILES string of the molecule is CCCCN1C(=O)C2C(c3ccccc3O)NC(C)(C(=O)O)C2C1=O. The molecule has 7 heteroatoms. The summed E-state index contributed by atoms with van der Waals surface area (Å²) in [5.74, 6) is -3.84. The van der Waals surface area contributed by atoms with Crippen LogP contribution in [0.4, 0.5) is 0 Å². The minimum atomic E-state index is -1.56. The Hall–Kier alpha value is -2.41. The maximum absolute atomic E-state index is 12.9. The molecule has 0 spiro atoms. The van der Waals surface area contributed by atoms with Crippen molar-refractivity contribution < 1.29 is 24.6 Å². The van der Waals surface area contributed by atoms with E-state index in [-0.39, 0.29) is 11.7 Å². The smallest absolute Gasteiger partial charge is 0.324 e. The van der Waals surface area contributed by atoms with Gasteiger partial charge in [-0.2, -0.15) is 0 Å². The number of carbonyl (C=O) groups is 3. The fourth-order valence-electron chi connectivity index (χ4n) is 3.95. The maximum atomic E-state index is 12.9. The molecule has 0 bridgehead atoms. The summed E-state index contributed by atoms with van der Waals surface area (Å²) in [6.45, 7) is 3.69. The molecule has 2 aliphatic heterocycles. The Morgan fingerprint density at radius 2 is 1.96 bits per heavy atom. The standard InChI is InChI=1S/C18H22N2O5/c1-3-4-9-20-15(22)12-13(16(20)23)18(2,17(24)25)19-14(12)10-7-5-6-8-11(10)21/h5-8,12-14,19,21H,3-4,9H2,1-2H3,(H,24,25). The predicted molar refractivity (Wildman–Crippen MR) is 88.6 cm³/mol. The van der Waals surface area contributed by atoms with E-state index in [1.54, 1.807) is 18.2 Å². The second-order valence-electron chi connectivity index (χ2n) is 6.87. The summed E-state index contributed by atoms with van der Waals surface area (Å²) in [5, 5.41) is 22.8. The minimum Gasteiger partial charge on any atom is -0.508 e. The largest absolute Gasteiger partial charge is 0.508 e. The van der Waals surface area contributed by atoms with Crippen LogP contribution in [0.25, 0.3) is 0 Å². The van der Waals surface area contributed by atoms with E-state index in [2.05, 4.69) is 5.32 Å². The number of likely N-dealkylation sites (tertiary alicyclic amines) is 1. The third-order valence-electron chi connectivity index (χ3n) is 5.33. The fourth-order valence-corrected chi connectivity index (χ4v) is 3.95. The molecule has 2 heterocycles. The first-order valence-electron chi connectivity index (χ1n) is 8.47. The number of hydrogen-bond acceptors (Lipinski definition) is 5. The molecule has 7 nitrogen and oxygen atoms in total. The van der Waals surface area contributed by atoms with Gasteiger partial charge in [-0.3, -0.25) is 24.6 Å². The molecule has 4 atom stereocenters. The van der Waals surface area contributed by atoms with Crippen LogP contribution in [-0.4, -0.2) is 45.0 Å². The van der Waals surface area contributed by atoms with Crippen molar-refractivity contribution in [3.8, 4) is 5.75 Å². The summed E-state index contributed by atoms with van der Waals surface area (Å²) in [5.41, 5.74) is -1.13. The summed E-state index contributed by atoms with van der Waals surface area (Å²) < 4.78 is 0. The molecule has 1 aromatic rings. The molecule has 3 N–H and O–H groups in total. The Labute approximate surface area is 145 Å². The van der Waals surface area contributed by atoms with Gasteiger partial charge in [0.1, 0.15) is 11.3 Å². The van der Waals surface area contributed by atoms with Crippen LogP contribution in [0.15, 0.2) is 24.3 Å². The number of carbonyl (C=O) groups excluding carboxylic acids is 2. The monoisotopic (exact) mass is 346 g/mol. The van der Waals surface area contributed by atoms with Gasteiger partial charge in [0.25, 0.3) is 0 Å². The Morgan fingerprint density at radius 3 is 2.56 bits per heavy atom. The molecule has 2 amide bonds.